The van der Waals surface area contributed by atoms with Crippen LogP contribution in [-0.2, 0) is 12.0 Å². The van der Waals surface area contributed by atoms with Gasteiger partial charge in [-0.2, -0.15) is 0 Å². The normalized spacial score (nSPS) is 17.3. The summed E-state index contributed by atoms with van der Waals surface area (Å²) in [6.45, 7) is 6.47. The molecular weight excluding hydrogens is 215 g/mol. The number of halogens is 1. The van der Waals surface area contributed by atoms with E-state index in [0.29, 0.717) is 6.54 Å². The Kier molecular flexibility index (Phi) is 3.38. The van der Waals surface area contributed by atoms with Crippen LogP contribution < -0.4 is 10.2 Å². The molecule has 0 radical (unpaired) electrons. The fourth-order valence-corrected chi connectivity index (χ4v) is 2.88. The van der Waals surface area contributed by atoms with Gasteiger partial charge in [0, 0.05) is 37.8 Å². The van der Waals surface area contributed by atoms with Gasteiger partial charge in [0.1, 0.15) is 6.67 Å². The minimum Gasteiger partial charge on any atom is -0.373 e. The molecule has 0 atom stereocenters. The van der Waals surface area contributed by atoms with E-state index in [2.05, 4.69) is 49.3 Å². The van der Waals surface area contributed by atoms with Gasteiger partial charge in [-0.3, -0.25) is 0 Å². The van der Waals surface area contributed by atoms with Crippen LogP contribution in [0.3, 0.4) is 0 Å². The van der Waals surface area contributed by atoms with Gasteiger partial charge >= 0.3 is 0 Å². The SMILES string of the molecule is CN1CC(C)(C)c2c(CNCCF)cccc21. The van der Waals surface area contributed by atoms with Crippen LogP contribution in [0.4, 0.5) is 10.1 Å². The summed E-state index contributed by atoms with van der Waals surface area (Å²) in [5.74, 6) is 0. The molecule has 0 saturated heterocycles. The number of benzene rings is 1. The zero-order chi connectivity index (χ0) is 12.5. The van der Waals surface area contributed by atoms with E-state index in [0.717, 1.165) is 13.1 Å². The highest BCUT2D eigenvalue weighted by Crippen LogP contribution is 2.41. The summed E-state index contributed by atoms with van der Waals surface area (Å²) >= 11 is 0. The lowest BCUT2D eigenvalue weighted by Crippen LogP contribution is -2.26. The average molecular weight is 236 g/mol. The van der Waals surface area contributed by atoms with Crippen LogP contribution in [0.2, 0.25) is 0 Å². The van der Waals surface area contributed by atoms with E-state index < -0.39 is 0 Å². The van der Waals surface area contributed by atoms with Gasteiger partial charge in [0.05, 0.1) is 0 Å². The predicted octanol–water partition coefficient (Wildman–Crippen LogP) is 2.47. The molecule has 17 heavy (non-hydrogen) atoms. The van der Waals surface area contributed by atoms with Crippen LogP contribution >= 0.6 is 0 Å². The van der Waals surface area contributed by atoms with Crippen molar-refractivity contribution >= 4 is 5.69 Å². The van der Waals surface area contributed by atoms with E-state index in [4.69, 9.17) is 0 Å². The first-order valence-corrected chi connectivity index (χ1v) is 6.16. The summed E-state index contributed by atoms with van der Waals surface area (Å²) < 4.78 is 12.1. The highest BCUT2D eigenvalue weighted by molar-refractivity contribution is 5.64. The van der Waals surface area contributed by atoms with E-state index in [1.165, 1.54) is 16.8 Å². The maximum absolute atomic E-state index is 12.1. The molecule has 1 aliphatic heterocycles. The third-order valence-electron chi connectivity index (χ3n) is 3.44. The maximum atomic E-state index is 12.1. The van der Waals surface area contributed by atoms with E-state index in [9.17, 15) is 4.39 Å². The van der Waals surface area contributed by atoms with Crippen molar-refractivity contribution in [3.05, 3.63) is 29.3 Å². The molecule has 0 spiro atoms. The Hall–Kier alpha value is -1.09. The van der Waals surface area contributed by atoms with Crippen LogP contribution in [0.5, 0.6) is 0 Å². The molecule has 0 aliphatic carbocycles. The molecule has 1 aliphatic rings. The van der Waals surface area contributed by atoms with Crippen LogP contribution in [0.15, 0.2) is 18.2 Å². The van der Waals surface area contributed by atoms with Crippen LogP contribution in [0.1, 0.15) is 25.0 Å². The fourth-order valence-electron chi connectivity index (χ4n) is 2.88. The van der Waals surface area contributed by atoms with Crippen molar-refractivity contribution in [3.8, 4) is 0 Å². The summed E-state index contributed by atoms with van der Waals surface area (Å²) in [5.41, 5.74) is 4.20. The summed E-state index contributed by atoms with van der Waals surface area (Å²) in [6, 6.07) is 6.40. The second-order valence-corrected chi connectivity index (χ2v) is 5.42. The van der Waals surface area contributed by atoms with Gasteiger partial charge in [-0.25, -0.2) is 4.39 Å². The Morgan fingerprint density at radius 3 is 2.88 bits per heavy atom. The van der Waals surface area contributed by atoms with Gasteiger partial charge in [-0.05, 0) is 17.2 Å². The van der Waals surface area contributed by atoms with Gasteiger partial charge in [-0.15, -0.1) is 0 Å². The number of nitrogens with zero attached hydrogens (tertiary/aromatic N) is 1. The molecule has 2 nitrogen and oxygen atoms in total. The number of rotatable bonds is 4. The first-order chi connectivity index (χ1) is 8.06. The zero-order valence-electron chi connectivity index (χ0n) is 10.9. The third kappa shape index (κ3) is 2.29. The Balaban J connectivity index is 2.29. The van der Waals surface area contributed by atoms with Gasteiger partial charge < -0.3 is 10.2 Å². The molecule has 1 aromatic carbocycles. The molecule has 3 heteroatoms. The van der Waals surface area contributed by atoms with Crippen molar-refractivity contribution in [2.24, 2.45) is 0 Å². The van der Waals surface area contributed by atoms with E-state index in [1.807, 2.05) is 0 Å². The topological polar surface area (TPSA) is 15.3 Å². The number of alkyl halides is 1. The maximum Gasteiger partial charge on any atom is 0.102 e. The second kappa shape index (κ2) is 4.65. The molecule has 94 valence electrons. The lowest BCUT2D eigenvalue weighted by molar-refractivity contribution is 0.465. The number of hydrogen-bond donors (Lipinski definition) is 1. The molecule has 1 aromatic rings. The molecular formula is C14H21FN2. The highest BCUT2D eigenvalue weighted by Gasteiger charge is 2.34. The predicted molar refractivity (Wildman–Crippen MR) is 70.4 cm³/mol. The monoisotopic (exact) mass is 236 g/mol. The van der Waals surface area contributed by atoms with Crippen LogP contribution in [0, 0.1) is 0 Å². The van der Waals surface area contributed by atoms with Gasteiger partial charge in [0.15, 0.2) is 0 Å². The summed E-state index contributed by atoms with van der Waals surface area (Å²) in [6.07, 6.45) is 0. The van der Waals surface area contributed by atoms with Crippen molar-refractivity contribution in [2.75, 3.05) is 31.7 Å². The van der Waals surface area contributed by atoms with Crippen molar-refractivity contribution in [1.82, 2.24) is 5.32 Å². The molecule has 1 heterocycles. The highest BCUT2D eigenvalue weighted by atomic mass is 19.1. The van der Waals surface area contributed by atoms with Gasteiger partial charge in [0.2, 0.25) is 0 Å². The Bertz CT molecular complexity index is 401. The minimum atomic E-state index is -0.307. The van der Waals surface area contributed by atoms with Gasteiger partial charge in [0.25, 0.3) is 0 Å². The quantitative estimate of drug-likeness (QED) is 0.808. The molecule has 0 unspecified atom stereocenters. The first-order valence-electron chi connectivity index (χ1n) is 6.16. The van der Waals surface area contributed by atoms with Crippen LogP contribution in [-0.4, -0.2) is 26.8 Å². The lowest BCUT2D eigenvalue weighted by atomic mass is 9.84. The molecule has 0 fully saturated rings. The van der Waals surface area contributed by atoms with Crippen molar-refractivity contribution in [3.63, 3.8) is 0 Å². The Morgan fingerprint density at radius 1 is 1.41 bits per heavy atom. The molecule has 0 saturated carbocycles. The smallest absolute Gasteiger partial charge is 0.102 e. The molecule has 1 N–H and O–H groups in total. The Morgan fingerprint density at radius 2 is 2.18 bits per heavy atom. The van der Waals surface area contributed by atoms with E-state index in [-0.39, 0.29) is 12.1 Å². The van der Waals surface area contributed by atoms with Crippen molar-refractivity contribution in [1.29, 1.82) is 0 Å². The second-order valence-electron chi connectivity index (χ2n) is 5.42. The van der Waals surface area contributed by atoms with E-state index >= 15 is 0 Å². The molecule has 2 rings (SSSR count). The summed E-state index contributed by atoms with van der Waals surface area (Å²) in [4.78, 5) is 2.30. The van der Waals surface area contributed by atoms with Crippen LogP contribution in [0.25, 0.3) is 0 Å². The largest absolute Gasteiger partial charge is 0.373 e. The minimum absolute atomic E-state index is 0.179. The van der Waals surface area contributed by atoms with Crippen molar-refractivity contribution in [2.45, 2.75) is 25.8 Å². The van der Waals surface area contributed by atoms with E-state index in [1.54, 1.807) is 0 Å². The number of hydrogen-bond acceptors (Lipinski definition) is 2. The Labute approximate surface area is 103 Å². The third-order valence-corrected chi connectivity index (χ3v) is 3.44. The fraction of sp³-hybridized carbons (Fsp3) is 0.571. The van der Waals surface area contributed by atoms with Gasteiger partial charge in [-0.1, -0.05) is 26.0 Å². The number of nitrogens with one attached hydrogen (secondary N) is 1. The molecule has 0 bridgehead atoms. The first kappa shape index (κ1) is 12.4. The summed E-state index contributed by atoms with van der Waals surface area (Å²) in [7, 11) is 2.13. The van der Waals surface area contributed by atoms with Crippen molar-refractivity contribution < 1.29 is 4.39 Å². The zero-order valence-corrected chi connectivity index (χ0v) is 10.9. The number of likely N-dealkylation sites (N-methyl/N-ethyl adjacent to an activating group) is 1. The summed E-state index contributed by atoms with van der Waals surface area (Å²) in [5, 5.41) is 3.14. The molecule has 0 amide bonds. The average Bonchev–Trinajstić information content (AvgIpc) is 2.51. The number of anilines is 1. The lowest BCUT2D eigenvalue weighted by Gasteiger charge is -2.21. The molecule has 0 aromatic heterocycles. The standard InChI is InChI=1S/C14H21FN2/c1-14(2)10-17(3)12-6-4-5-11(13(12)14)9-16-8-7-15/h4-6,16H,7-10H2,1-3H3. The number of fused-ring (bicyclic) bond motifs is 1.